The number of hydrogen-bond acceptors (Lipinski definition) is 6. The third-order valence-corrected chi connectivity index (χ3v) is 6.35. The van der Waals surface area contributed by atoms with Crippen LogP contribution >= 0.6 is 11.3 Å². The molecule has 0 bridgehead atoms. The first kappa shape index (κ1) is 18.8. The summed E-state index contributed by atoms with van der Waals surface area (Å²) in [6, 6.07) is 15.3. The van der Waals surface area contributed by atoms with Crippen LogP contribution in [0.25, 0.3) is 20.7 Å². The molecule has 0 unspecified atom stereocenters. The highest BCUT2D eigenvalue weighted by Crippen LogP contribution is 2.30. The van der Waals surface area contributed by atoms with Crippen LogP contribution in [0.4, 0.5) is 0 Å². The zero-order chi connectivity index (χ0) is 20.5. The van der Waals surface area contributed by atoms with E-state index in [-0.39, 0.29) is 11.5 Å². The van der Waals surface area contributed by atoms with Crippen molar-refractivity contribution in [2.24, 2.45) is 0 Å². The minimum atomic E-state index is -0.111. The maximum absolute atomic E-state index is 12.6. The van der Waals surface area contributed by atoms with Crippen molar-refractivity contribution >= 4 is 27.5 Å². The molecule has 0 saturated carbocycles. The second kappa shape index (κ2) is 7.89. The second-order valence-electron chi connectivity index (χ2n) is 7.25. The average Bonchev–Trinajstić information content (AvgIpc) is 3.45. The standard InChI is InChI=1S/C22H20N4O3S/c27-20-16-13-18(15-5-2-1-3-6-15)30-21(16)24-19(23-20)14-25-8-10-26(11-9-25)22(28)17-7-4-12-29-17/h1-7,12-13H,8-11,14H2,(H,23,24,27). The first-order valence-corrected chi connectivity index (χ1v) is 10.6. The summed E-state index contributed by atoms with van der Waals surface area (Å²) in [6.07, 6.45) is 1.51. The Balaban J connectivity index is 1.29. The van der Waals surface area contributed by atoms with Crippen molar-refractivity contribution < 1.29 is 9.21 Å². The van der Waals surface area contributed by atoms with E-state index in [1.807, 2.05) is 36.4 Å². The van der Waals surface area contributed by atoms with E-state index in [2.05, 4.69) is 9.88 Å². The van der Waals surface area contributed by atoms with Crippen LogP contribution in [0.1, 0.15) is 16.4 Å². The fourth-order valence-electron chi connectivity index (χ4n) is 3.67. The summed E-state index contributed by atoms with van der Waals surface area (Å²) in [6.45, 7) is 3.21. The first-order chi connectivity index (χ1) is 14.7. The van der Waals surface area contributed by atoms with E-state index in [0.29, 0.717) is 49.7 Å². The first-order valence-electron chi connectivity index (χ1n) is 9.81. The van der Waals surface area contributed by atoms with E-state index in [1.165, 1.54) is 17.6 Å². The van der Waals surface area contributed by atoms with Crippen molar-refractivity contribution in [1.29, 1.82) is 0 Å². The number of aromatic amines is 1. The zero-order valence-electron chi connectivity index (χ0n) is 16.2. The molecule has 0 aliphatic carbocycles. The van der Waals surface area contributed by atoms with Crippen LogP contribution in [0.2, 0.25) is 0 Å². The molecule has 1 amide bonds. The van der Waals surface area contributed by atoms with Crippen LogP contribution in [0.5, 0.6) is 0 Å². The number of piperazine rings is 1. The molecule has 0 atom stereocenters. The van der Waals surface area contributed by atoms with Gasteiger partial charge in [-0.15, -0.1) is 11.3 Å². The molecule has 1 fully saturated rings. The van der Waals surface area contributed by atoms with Gasteiger partial charge in [-0.05, 0) is 23.8 Å². The quantitative estimate of drug-likeness (QED) is 0.548. The number of thiophene rings is 1. The van der Waals surface area contributed by atoms with Gasteiger partial charge in [-0.1, -0.05) is 30.3 Å². The van der Waals surface area contributed by atoms with Crippen molar-refractivity contribution in [3.05, 3.63) is 76.7 Å². The Hall–Kier alpha value is -3.23. The Kier molecular flexibility index (Phi) is 4.94. The molecular formula is C22H20N4O3S. The van der Waals surface area contributed by atoms with E-state index in [9.17, 15) is 9.59 Å². The number of hydrogen-bond donors (Lipinski definition) is 1. The predicted molar refractivity (Wildman–Crippen MR) is 116 cm³/mol. The average molecular weight is 420 g/mol. The monoisotopic (exact) mass is 420 g/mol. The molecule has 8 heteroatoms. The smallest absolute Gasteiger partial charge is 0.289 e. The number of H-pyrrole nitrogens is 1. The number of carbonyl (C=O) groups is 1. The van der Waals surface area contributed by atoms with Crippen LogP contribution in [0.3, 0.4) is 0 Å². The molecule has 1 aliphatic rings. The largest absolute Gasteiger partial charge is 0.459 e. The zero-order valence-corrected chi connectivity index (χ0v) is 17.0. The highest BCUT2D eigenvalue weighted by atomic mass is 32.1. The molecule has 4 aromatic rings. The number of nitrogens with zero attached hydrogens (tertiary/aromatic N) is 3. The Morgan fingerprint density at radius 1 is 1.10 bits per heavy atom. The maximum Gasteiger partial charge on any atom is 0.289 e. The molecule has 7 nitrogen and oxygen atoms in total. The predicted octanol–water partition coefficient (Wildman–Crippen LogP) is 3.20. The summed E-state index contributed by atoms with van der Waals surface area (Å²) in [7, 11) is 0. The van der Waals surface area contributed by atoms with Crippen molar-refractivity contribution in [2.75, 3.05) is 26.2 Å². The van der Waals surface area contributed by atoms with Crippen LogP contribution in [-0.2, 0) is 6.54 Å². The van der Waals surface area contributed by atoms with Gasteiger partial charge in [-0.2, -0.15) is 0 Å². The van der Waals surface area contributed by atoms with Gasteiger partial charge in [0.05, 0.1) is 18.2 Å². The minimum absolute atomic E-state index is 0.0837. The molecule has 5 rings (SSSR count). The number of carbonyl (C=O) groups excluding carboxylic acids is 1. The van der Waals surface area contributed by atoms with Gasteiger partial charge < -0.3 is 14.3 Å². The maximum atomic E-state index is 12.6. The number of aromatic nitrogens is 2. The van der Waals surface area contributed by atoms with Crippen molar-refractivity contribution in [3.8, 4) is 10.4 Å². The highest BCUT2D eigenvalue weighted by molar-refractivity contribution is 7.21. The van der Waals surface area contributed by atoms with Gasteiger partial charge in [-0.3, -0.25) is 14.5 Å². The number of fused-ring (bicyclic) bond motifs is 1. The molecule has 1 saturated heterocycles. The van der Waals surface area contributed by atoms with Gasteiger partial charge in [0.1, 0.15) is 10.7 Å². The van der Waals surface area contributed by atoms with Gasteiger partial charge in [0, 0.05) is 31.1 Å². The number of benzene rings is 1. The molecule has 3 aromatic heterocycles. The van der Waals surface area contributed by atoms with Crippen LogP contribution in [-0.4, -0.2) is 51.9 Å². The summed E-state index contributed by atoms with van der Waals surface area (Å²) in [4.78, 5) is 38.4. The van der Waals surface area contributed by atoms with Crippen molar-refractivity contribution in [1.82, 2.24) is 19.8 Å². The Morgan fingerprint density at radius 2 is 1.90 bits per heavy atom. The third kappa shape index (κ3) is 3.67. The molecule has 0 radical (unpaired) electrons. The summed E-state index contributed by atoms with van der Waals surface area (Å²) in [5.41, 5.74) is 0.971. The number of furan rings is 1. The summed E-state index contributed by atoms with van der Waals surface area (Å²) >= 11 is 1.53. The lowest BCUT2D eigenvalue weighted by molar-refractivity contribution is 0.0595. The van der Waals surface area contributed by atoms with Gasteiger partial charge in [0.15, 0.2) is 5.76 Å². The minimum Gasteiger partial charge on any atom is -0.459 e. The summed E-state index contributed by atoms with van der Waals surface area (Å²) in [5, 5.41) is 0.622. The van der Waals surface area contributed by atoms with Gasteiger partial charge in [0.25, 0.3) is 11.5 Å². The molecule has 1 N–H and O–H groups in total. The van der Waals surface area contributed by atoms with E-state index in [1.54, 1.807) is 17.0 Å². The van der Waals surface area contributed by atoms with E-state index in [4.69, 9.17) is 9.40 Å². The van der Waals surface area contributed by atoms with Gasteiger partial charge >= 0.3 is 0 Å². The third-order valence-electron chi connectivity index (χ3n) is 5.27. The molecule has 0 spiro atoms. The number of amides is 1. The fourth-order valence-corrected chi connectivity index (χ4v) is 4.73. The van der Waals surface area contributed by atoms with E-state index >= 15 is 0 Å². The Morgan fingerprint density at radius 3 is 2.63 bits per heavy atom. The second-order valence-corrected chi connectivity index (χ2v) is 8.28. The SMILES string of the molecule is O=C(c1ccco1)N1CCN(Cc2nc3sc(-c4ccccc4)cc3c(=O)[nH]2)CC1. The Bertz CT molecular complexity index is 1220. The van der Waals surface area contributed by atoms with Crippen molar-refractivity contribution in [2.45, 2.75) is 6.54 Å². The normalized spacial score (nSPS) is 15.0. The summed E-state index contributed by atoms with van der Waals surface area (Å²) < 4.78 is 5.21. The molecule has 4 heterocycles. The number of nitrogens with one attached hydrogen (secondary N) is 1. The molecular weight excluding hydrogens is 400 g/mol. The lowest BCUT2D eigenvalue weighted by atomic mass is 10.2. The summed E-state index contributed by atoms with van der Waals surface area (Å²) in [5.74, 6) is 0.936. The van der Waals surface area contributed by atoms with Crippen molar-refractivity contribution in [3.63, 3.8) is 0 Å². The fraction of sp³-hybridized carbons (Fsp3) is 0.227. The molecule has 1 aliphatic heterocycles. The highest BCUT2D eigenvalue weighted by Gasteiger charge is 2.24. The van der Waals surface area contributed by atoms with E-state index < -0.39 is 0 Å². The number of rotatable bonds is 4. The molecule has 152 valence electrons. The van der Waals surface area contributed by atoms with Gasteiger partial charge in [0.2, 0.25) is 0 Å². The lowest BCUT2D eigenvalue weighted by Crippen LogP contribution is -2.48. The molecule has 30 heavy (non-hydrogen) atoms. The van der Waals surface area contributed by atoms with Crippen LogP contribution in [0, 0.1) is 0 Å². The lowest BCUT2D eigenvalue weighted by Gasteiger charge is -2.33. The topological polar surface area (TPSA) is 82.4 Å². The van der Waals surface area contributed by atoms with Gasteiger partial charge in [-0.25, -0.2) is 4.98 Å². The Labute approximate surface area is 176 Å². The van der Waals surface area contributed by atoms with Crippen LogP contribution < -0.4 is 5.56 Å². The molecule has 1 aromatic carbocycles. The van der Waals surface area contributed by atoms with Crippen LogP contribution in [0.15, 0.2) is 64.0 Å². The van der Waals surface area contributed by atoms with E-state index in [0.717, 1.165) is 15.3 Å².